The van der Waals surface area contributed by atoms with Crippen LogP contribution in [0.4, 0.5) is 5.69 Å². The fourth-order valence-electron chi connectivity index (χ4n) is 1.68. The van der Waals surface area contributed by atoms with E-state index in [1.165, 1.54) is 5.56 Å². The van der Waals surface area contributed by atoms with Gasteiger partial charge in [-0.2, -0.15) is 0 Å². The molecule has 0 bridgehead atoms. The Balaban J connectivity index is 2.75. The summed E-state index contributed by atoms with van der Waals surface area (Å²) in [6, 6.07) is 7.89. The third-order valence-corrected chi connectivity index (χ3v) is 2.80. The fraction of sp³-hybridized carbons (Fsp3) is 0.167. The van der Waals surface area contributed by atoms with Crippen molar-refractivity contribution in [2.24, 2.45) is 0 Å². The van der Waals surface area contributed by atoms with E-state index in [1.807, 2.05) is 49.4 Å². The molecule has 1 aromatic carbocycles. The molecule has 0 aliphatic rings. The van der Waals surface area contributed by atoms with Gasteiger partial charge in [-0.1, -0.05) is 56.0 Å². The average Bonchev–Trinajstić information content (AvgIpc) is 2.47. The maximum absolute atomic E-state index is 12.1. The molecule has 2 heteroatoms. The number of allylic oxidation sites excluding steroid dienone is 5. The van der Waals surface area contributed by atoms with E-state index < -0.39 is 0 Å². The number of hydrogen-bond acceptors (Lipinski definition) is 1. The third kappa shape index (κ3) is 5.11. The first-order valence-electron chi connectivity index (χ1n) is 6.73. The van der Waals surface area contributed by atoms with Crippen molar-refractivity contribution in [1.82, 2.24) is 0 Å². The van der Waals surface area contributed by atoms with Crippen molar-refractivity contribution in [3.63, 3.8) is 0 Å². The first-order chi connectivity index (χ1) is 9.71. The van der Waals surface area contributed by atoms with Crippen LogP contribution >= 0.6 is 0 Å². The molecule has 0 fully saturated rings. The zero-order chi connectivity index (χ0) is 14.8. The summed E-state index contributed by atoms with van der Waals surface area (Å²) in [4.78, 5) is 12.1. The predicted molar refractivity (Wildman–Crippen MR) is 86.7 cm³/mol. The third-order valence-electron chi connectivity index (χ3n) is 2.80. The molecule has 0 heterocycles. The van der Waals surface area contributed by atoms with E-state index in [-0.39, 0.29) is 5.91 Å². The zero-order valence-electron chi connectivity index (χ0n) is 12.1. The quantitative estimate of drug-likeness (QED) is 0.599. The fourth-order valence-corrected chi connectivity index (χ4v) is 1.68. The van der Waals surface area contributed by atoms with Crippen molar-refractivity contribution in [2.45, 2.75) is 20.3 Å². The predicted octanol–water partition coefficient (Wildman–Crippen LogP) is 4.43. The molecule has 2 nitrogen and oxygen atoms in total. The molecule has 0 aliphatic carbocycles. The lowest BCUT2D eigenvalue weighted by atomic mass is 10.1. The molecule has 0 saturated carbocycles. The van der Waals surface area contributed by atoms with Crippen molar-refractivity contribution in [3.8, 4) is 0 Å². The molecule has 0 radical (unpaired) electrons. The summed E-state index contributed by atoms with van der Waals surface area (Å²) < 4.78 is 0. The Morgan fingerprint density at radius 1 is 1.30 bits per heavy atom. The number of anilines is 1. The standard InChI is InChI=1S/C18H21NO/c1-4-7-8-9-12-16(6-3)18(20)19-17-13-10-11-15(5-2)14-17/h4,6-14H,1,5H2,2-3H3,(H,19,20)/b8-7+,12-9-,16-6+. The lowest BCUT2D eigenvalue weighted by Crippen LogP contribution is -2.13. The van der Waals surface area contributed by atoms with Crippen LogP contribution in [0.15, 0.2) is 72.9 Å². The van der Waals surface area contributed by atoms with Gasteiger partial charge in [0.1, 0.15) is 0 Å². The van der Waals surface area contributed by atoms with Gasteiger partial charge in [0.15, 0.2) is 0 Å². The van der Waals surface area contributed by atoms with Crippen LogP contribution in [-0.2, 0) is 11.2 Å². The number of carbonyl (C=O) groups excluding carboxylic acids is 1. The van der Waals surface area contributed by atoms with Gasteiger partial charge < -0.3 is 5.32 Å². The highest BCUT2D eigenvalue weighted by Gasteiger charge is 2.05. The van der Waals surface area contributed by atoms with E-state index in [9.17, 15) is 4.79 Å². The molecular formula is C18H21NO. The molecule has 1 rings (SSSR count). The smallest absolute Gasteiger partial charge is 0.255 e. The lowest BCUT2D eigenvalue weighted by Gasteiger charge is -2.07. The highest BCUT2D eigenvalue weighted by molar-refractivity contribution is 6.05. The molecule has 0 atom stereocenters. The molecule has 0 aliphatic heterocycles. The Morgan fingerprint density at radius 2 is 2.10 bits per heavy atom. The van der Waals surface area contributed by atoms with E-state index >= 15 is 0 Å². The monoisotopic (exact) mass is 267 g/mol. The summed E-state index contributed by atoms with van der Waals surface area (Å²) in [7, 11) is 0. The maximum atomic E-state index is 12.1. The van der Waals surface area contributed by atoms with Crippen LogP contribution in [0.25, 0.3) is 0 Å². The van der Waals surface area contributed by atoms with E-state index in [2.05, 4.69) is 18.8 Å². The number of carbonyl (C=O) groups is 1. The molecular weight excluding hydrogens is 246 g/mol. The van der Waals surface area contributed by atoms with E-state index in [0.29, 0.717) is 5.57 Å². The molecule has 20 heavy (non-hydrogen) atoms. The van der Waals surface area contributed by atoms with Crippen LogP contribution in [0, 0.1) is 0 Å². The van der Waals surface area contributed by atoms with Crippen molar-refractivity contribution < 1.29 is 4.79 Å². The number of hydrogen-bond donors (Lipinski definition) is 1. The van der Waals surface area contributed by atoms with Crippen LogP contribution in [-0.4, -0.2) is 5.91 Å². The van der Waals surface area contributed by atoms with E-state index in [1.54, 1.807) is 18.2 Å². The van der Waals surface area contributed by atoms with Crippen molar-refractivity contribution >= 4 is 11.6 Å². The Labute approximate surface area is 121 Å². The number of rotatable bonds is 6. The maximum Gasteiger partial charge on any atom is 0.255 e. The number of amides is 1. The van der Waals surface area contributed by atoms with E-state index in [0.717, 1.165) is 12.1 Å². The minimum Gasteiger partial charge on any atom is -0.322 e. The van der Waals surface area contributed by atoms with Gasteiger partial charge in [-0.15, -0.1) is 0 Å². The first kappa shape index (κ1) is 15.7. The van der Waals surface area contributed by atoms with Crippen LogP contribution in [0.1, 0.15) is 19.4 Å². The molecule has 0 unspecified atom stereocenters. The highest BCUT2D eigenvalue weighted by atomic mass is 16.1. The molecule has 1 N–H and O–H groups in total. The number of aryl methyl sites for hydroxylation is 1. The van der Waals surface area contributed by atoms with Crippen LogP contribution < -0.4 is 5.32 Å². The summed E-state index contributed by atoms with van der Waals surface area (Å²) in [5, 5.41) is 2.91. The Bertz CT molecular complexity index is 550. The first-order valence-corrected chi connectivity index (χ1v) is 6.73. The van der Waals surface area contributed by atoms with Gasteiger partial charge in [-0.3, -0.25) is 4.79 Å². The topological polar surface area (TPSA) is 29.1 Å². The van der Waals surface area contributed by atoms with Crippen LogP contribution in [0.2, 0.25) is 0 Å². The van der Waals surface area contributed by atoms with Crippen LogP contribution in [0.3, 0.4) is 0 Å². The molecule has 0 spiro atoms. The largest absolute Gasteiger partial charge is 0.322 e. The lowest BCUT2D eigenvalue weighted by molar-refractivity contribution is -0.112. The van der Waals surface area contributed by atoms with Gasteiger partial charge in [0.2, 0.25) is 0 Å². The minimum absolute atomic E-state index is 0.107. The Hall–Kier alpha value is -2.35. The van der Waals surface area contributed by atoms with Gasteiger partial charge >= 0.3 is 0 Å². The second-order valence-electron chi connectivity index (χ2n) is 4.23. The molecule has 0 saturated heterocycles. The SMILES string of the molecule is C=C/C=C/C=C\C(=C/C)C(=O)Nc1cccc(CC)c1. The normalized spacial score (nSPS) is 12.0. The Morgan fingerprint density at radius 3 is 2.75 bits per heavy atom. The number of nitrogens with one attached hydrogen (secondary N) is 1. The van der Waals surface area contributed by atoms with Crippen molar-refractivity contribution in [3.05, 3.63) is 78.4 Å². The number of benzene rings is 1. The van der Waals surface area contributed by atoms with Crippen molar-refractivity contribution in [1.29, 1.82) is 0 Å². The zero-order valence-corrected chi connectivity index (χ0v) is 12.1. The summed E-state index contributed by atoms with van der Waals surface area (Å²) >= 11 is 0. The molecule has 104 valence electrons. The van der Waals surface area contributed by atoms with Gasteiger partial charge in [0.25, 0.3) is 5.91 Å². The van der Waals surface area contributed by atoms with Gasteiger partial charge in [0.05, 0.1) is 0 Å². The molecule has 1 aromatic rings. The minimum atomic E-state index is -0.107. The summed E-state index contributed by atoms with van der Waals surface area (Å²) in [6.45, 7) is 7.53. The highest BCUT2D eigenvalue weighted by Crippen LogP contribution is 2.12. The average molecular weight is 267 g/mol. The van der Waals surface area contributed by atoms with Gasteiger partial charge in [0, 0.05) is 11.3 Å². The molecule has 1 amide bonds. The van der Waals surface area contributed by atoms with E-state index in [4.69, 9.17) is 0 Å². The van der Waals surface area contributed by atoms with Gasteiger partial charge in [-0.05, 0) is 37.1 Å². The summed E-state index contributed by atoms with van der Waals surface area (Å²) in [5.41, 5.74) is 2.65. The van der Waals surface area contributed by atoms with Crippen LogP contribution in [0.5, 0.6) is 0 Å². The summed E-state index contributed by atoms with van der Waals surface area (Å²) in [6.07, 6.45) is 11.7. The molecule has 0 aromatic heterocycles. The second kappa shape index (κ2) is 8.70. The van der Waals surface area contributed by atoms with Crippen molar-refractivity contribution in [2.75, 3.05) is 5.32 Å². The second-order valence-corrected chi connectivity index (χ2v) is 4.23. The Kier molecular flexibility index (Phi) is 6.83. The summed E-state index contributed by atoms with van der Waals surface area (Å²) in [5.74, 6) is -0.107. The van der Waals surface area contributed by atoms with Gasteiger partial charge in [-0.25, -0.2) is 0 Å².